The van der Waals surface area contributed by atoms with Crippen molar-refractivity contribution in [2.24, 2.45) is 5.92 Å². The third kappa shape index (κ3) is 5.99. The Bertz CT molecular complexity index is 1430. The van der Waals surface area contributed by atoms with Crippen molar-refractivity contribution in [3.8, 4) is 11.4 Å². The van der Waals surface area contributed by atoms with Crippen molar-refractivity contribution in [2.75, 3.05) is 12.9 Å². The Balaban J connectivity index is 2.40. The van der Waals surface area contributed by atoms with Gasteiger partial charge in [-0.1, -0.05) is 13.8 Å². The van der Waals surface area contributed by atoms with Crippen LogP contribution in [0.3, 0.4) is 0 Å². The fourth-order valence-electron chi connectivity index (χ4n) is 3.57. The molecule has 0 bridgehead atoms. The minimum atomic E-state index is -4.89. The maximum atomic E-state index is 13.3. The number of esters is 1. The van der Waals surface area contributed by atoms with Gasteiger partial charge in [0.25, 0.3) is 0 Å². The van der Waals surface area contributed by atoms with Crippen LogP contribution in [0.2, 0.25) is 0 Å². The molecule has 0 unspecified atom stereocenters. The molecule has 0 saturated heterocycles. The van der Waals surface area contributed by atoms with Gasteiger partial charge >= 0.3 is 12.3 Å². The highest BCUT2D eigenvalue weighted by Crippen LogP contribution is 2.28. The van der Waals surface area contributed by atoms with E-state index in [4.69, 9.17) is 4.74 Å². The summed E-state index contributed by atoms with van der Waals surface area (Å²) < 4.78 is 72.9. The zero-order chi connectivity index (χ0) is 26.1. The molecule has 0 spiro atoms. The fourth-order valence-corrected chi connectivity index (χ4v) is 4.50. The SMILES string of the molecule is CCOC(=O)c1nn(-c2ccc(OC(F)(F)F)cc2)c2cc(CC(C)C)cc(S(C)(=O)=O)c2c1=O. The molecule has 1 aromatic heterocycles. The number of sulfone groups is 1. The second-order valence-corrected chi connectivity index (χ2v) is 10.2. The zero-order valence-electron chi connectivity index (χ0n) is 19.3. The average molecular weight is 513 g/mol. The van der Waals surface area contributed by atoms with Gasteiger partial charge in [-0.05, 0) is 61.2 Å². The van der Waals surface area contributed by atoms with Crippen molar-refractivity contribution in [2.45, 2.75) is 38.4 Å². The monoisotopic (exact) mass is 512 g/mol. The second-order valence-electron chi connectivity index (χ2n) is 8.21. The van der Waals surface area contributed by atoms with Crippen molar-refractivity contribution in [1.82, 2.24) is 9.78 Å². The van der Waals surface area contributed by atoms with Crippen LogP contribution in [-0.4, -0.2) is 43.4 Å². The first-order valence-corrected chi connectivity index (χ1v) is 12.4. The lowest BCUT2D eigenvalue weighted by molar-refractivity contribution is -0.274. The lowest BCUT2D eigenvalue weighted by Crippen LogP contribution is -2.25. The van der Waals surface area contributed by atoms with Gasteiger partial charge in [-0.2, -0.15) is 5.10 Å². The lowest BCUT2D eigenvalue weighted by atomic mass is 10.0. The fraction of sp³-hybridized carbons (Fsp3) is 0.348. The number of hydrogen-bond donors (Lipinski definition) is 0. The zero-order valence-corrected chi connectivity index (χ0v) is 20.2. The van der Waals surface area contributed by atoms with Gasteiger partial charge in [-0.25, -0.2) is 17.9 Å². The van der Waals surface area contributed by atoms with Gasteiger partial charge < -0.3 is 9.47 Å². The largest absolute Gasteiger partial charge is 0.573 e. The molecule has 0 saturated carbocycles. The molecule has 12 heteroatoms. The number of aromatic nitrogens is 2. The van der Waals surface area contributed by atoms with Crippen LogP contribution in [0.25, 0.3) is 16.6 Å². The van der Waals surface area contributed by atoms with E-state index in [1.54, 1.807) is 6.07 Å². The van der Waals surface area contributed by atoms with Gasteiger partial charge in [0.15, 0.2) is 9.84 Å². The van der Waals surface area contributed by atoms with Crippen molar-refractivity contribution in [3.05, 3.63) is 57.9 Å². The predicted molar refractivity (Wildman–Crippen MR) is 122 cm³/mol. The first-order chi connectivity index (χ1) is 16.2. The summed E-state index contributed by atoms with van der Waals surface area (Å²) in [6.07, 6.45) is -3.47. The molecule has 0 aliphatic carbocycles. The number of benzene rings is 2. The van der Waals surface area contributed by atoms with Gasteiger partial charge in [-0.15, -0.1) is 13.2 Å². The number of carbonyl (C=O) groups is 1. The molecule has 3 aromatic rings. The van der Waals surface area contributed by atoms with Crippen LogP contribution in [0.4, 0.5) is 13.2 Å². The summed E-state index contributed by atoms with van der Waals surface area (Å²) in [7, 11) is -3.93. The highest BCUT2D eigenvalue weighted by molar-refractivity contribution is 7.91. The molecular weight excluding hydrogens is 489 g/mol. The number of hydrogen-bond acceptors (Lipinski definition) is 7. The molecule has 0 radical (unpaired) electrons. The third-order valence-electron chi connectivity index (χ3n) is 4.84. The number of alkyl halides is 3. The van der Waals surface area contributed by atoms with Gasteiger partial charge in [-0.3, -0.25) is 4.79 Å². The summed E-state index contributed by atoms with van der Waals surface area (Å²) in [5, 5.41) is 3.84. The molecule has 0 fully saturated rings. The molecule has 0 N–H and O–H groups in total. The molecule has 1 heterocycles. The van der Waals surface area contributed by atoms with E-state index in [0.717, 1.165) is 23.1 Å². The highest BCUT2D eigenvalue weighted by Gasteiger charge is 2.31. The molecule has 2 aromatic carbocycles. The van der Waals surface area contributed by atoms with Crippen molar-refractivity contribution < 1.29 is 35.9 Å². The Morgan fingerprint density at radius 1 is 1.14 bits per heavy atom. The molecule has 188 valence electrons. The first-order valence-electron chi connectivity index (χ1n) is 10.5. The lowest BCUT2D eigenvalue weighted by Gasteiger charge is -2.16. The third-order valence-corrected chi connectivity index (χ3v) is 5.96. The minimum Gasteiger partial charge on any atom is -0.461 e. The maximum Gasteiger partial charge on any atom is 0.573 e. The van der Waals surface area contributed by atoms with E-state index in [1.807, 2.05) is 13.8 Å². The van der Waals surface area contributed by atoms with E-state index in [9.17, 15) is 31.2 Å². The van der Waals surface area contributed by atoms with E-state index >= 15 is 0 Å². The van der Waals surface area contributed by atoms with Gasteiger partial charge in [0.1, 0.15) is 5.75 Å². The molecule has 0 aliphatic rings. The van der Waals surface area contributed by atoms with E-state index < -0.39 is 39.0 Å². The van der Waals surface area contributed by atoms with Crippen LogP contribution in [0.15, 0.2) is 46.1 Å². The number of carbonyl (C=O) groups excluding carboxylic acids is 1. The molecular formula is C23H23F3N2O6S. The quantitative estimate of drug-likeness (QED) is 0.440. The smallest absolute Gasteiger partial charge is 0.461 e. The maximum absolute atomic E-state index is 13.3. The number of fused-ring (bicyclic) bond motifs is 1. The van der Waals surface area contributed by atoms with E-state index in [-0.39, 0.29) is 34.0 Å². The predicted octanol–water partition coefficient (Wildman–Crippen LogP) is 4.06. The molecule has 0 aliphatic heterocycles. The topological polar surface area (TPSA) is 105 Å². The normalized spacial score (nSPS) is 12.2. The van der Waals surface area contributed by atoms with E-state index in [2.05, 4.69) is 9.84 Å². The molecule has 0 amide bonds. The van der Waals surface area contributed by atoms with Crippen molar-refractivity contribution >= 4 is 26.7 Å². The molecule has 8 nitrogen and oxygen atoms in total. The van der Waals surface area contributed by atoms with Crippen molar-refractivity contribution in [1.29, 1.82) is 0 Å². The standard InChI is InChI=1S/C23H23F3N2O6S/c1-5-33-22(30)20-21(29)19-17(11-14(10-13(2)3)12-18(19)35(4,31)32)28(27-20)15-6-8-16(9-7-15)34-23(24,25)26/h6-9,11-13H,5,10H2,1-4H3. The molecule has 0 atom stereocenters. The first kappa shape index (κ1) is 26.2. The Morgan fingerprint density at radius 2 is 1.77 bits per heavy atom. The van der Waals surface area contributed by atoms with E-state index in [0.29, 0.717) is 12.0 Å². The van der Waals surface area contributed by atoms with Crippen LogP contribution in [0.1, 0.15) is 36.8 Å². The minimum absolute atomic E-state index is 0.0618. The van der Waals surface area contributed by atoms with Gasteiger partial charge in [0.05, 0.1) is 28.1 Å². The number of rotatable bonds is 7. The Kier molecular flexibility index (Phi) is 7.25. The van der Waals surface area contributed by atoms with Gasteiger partial charge in [0.2, 0.25) is 11.1 Å². The summed E-state index contributed by atoms with van der Waals surface area (Å²) in [5.41, 5.74) is -0.745. The summed E-state index contributed by atoms with van der Waals surface area (Å²) >= 11 is 0. The van der Waals surface area contributed by atoms with Crippen LogP contribution in [0, 0.1) is 5.92 Å². The van der Waals surface area contributed by atoms with Crippen LogP contribution < -0.4 is 10.2 Å². The Labute approximate surface area is 199 Å². The van der Waals surface area contributed by atoms with Crippen LogP contribution in [-0.2, 0) is 21.0 Å². The van der Waals surface area contributed by atoms with Crippen LogP contribution in [0.5, 0.6) is 5.75 Å². The summed E-state index contributed by atoms with van der Waals surface area (Å²) in [5.74, 6) is -1.41. The number of halogens is 3. The Hall–Kier alpha value is -3.41. The highest BCUT2D eigenvalue weighted by atomic mass is 32.2. The number of nitrogens with zero attached hydrogens (tertiary/aromatic N) is 2. The average Bonchev–Trinajstić information content (AvgIpc) is 2.72. The summed E-state index contributed by atoms with van der Waals surface area (Å²) in [4.78, 5) is 25.5. The molecule has 35 heavy (non-hydrogen) atoms. The van der Waals surface area contributed by atoms with Crippen LogP contribution >= 0.6 is 0 Å². The number of ether oxygens (including phenoxy) is 2. The van der Waals surface area contributed by atoms with Crippen molar-refractivity contribution in [3.63, 3.8) is 0 Å². The second kappa shape index (κ2) is 9.68. The van der Waals surface area contributed by atoms with Gasteiger partial charge in [0, 0.05) is 6.26 Å². The summed E-state index contributed by atoms with van der Waals surface area (Å²) in [6, 6.07) is 7.51. The Morgan fingerprint density at radius 3 is 2.29 bits per heavy atom. The summed E-state index contributed by atoms with van der Waals surface area (Å²) in [6.45, 7) is 5.32. The molecule has 3 rings (SSSR count). The van der Waals surface area contributed by atoms with E-state index in [1.165, 1.54) is 25.1 Å².